The Bertz CT molecular complexity index is 925. The Morgan fingerprint density at radius 2 is 1.67 bits per heavy atom. The van der Waals surface area contributed by atoms with Crippen molar-refractivity contribution in [1.29, 1.82) is 0 Å². The zero-order valence-corrected chi connectivity index (χ0v) is 15.9. The molecule has 6 nitrogen and oxygen atoms in total. The van der Waals surface area contributed by atoms with E-state index in [1.165, 1.54) is 12.1 Å². The van der Waals surface area contributed by atoms with Gasteiger partial charge in [-0.05, 0) is 30.7 Å². The molecule has 0 unspecified atom stereocenters. The third-order valence-corrected chi connectivity index (χ3v) is 6.18. The van der Waals surface area contributed by atoms with Gasteiger partial charge in [-0.3, -0.25) is 4.79 Å². The van der Waals surface area contributed by atoms with Gasteiger partial charge in [0.1, 0.15) is 5.82 Å². The average Bonchev–Trinajstić information content (AvgIpc) is 2.67. The number of halogens is 1. The van der Waals surface area contributed by atoms with Crippen molar-refractivity contribution in [3.05, 3.63) is 59.9 Å². The van der Waals surface area contributed by atoms with Gasteiger partial charge in [0, 0.05) is 26.2 Å². The first-order chi connectivity index (χ1) is 12.9. The van der Waals surface area contributed by atoms with E-state index in [4.69, 9.17) is 0 Å². The molecular formula is C19H22FN3O3S. The van der Waals surface area contributed by atoms with Crippen molar-refractivity contribution in [3.8, 4) is 0 Å². The van der Waals surface area contributed by atoms with Crippen molar-refractivity contribution < 1.29 is 17.6 Å². The first-order valence-electron chi connectivity index (χ1n) is 8.71. The molecule has 3 rings (SSSR count). The van der Waals surface area contributed by atoms with Crippen molar-refractivity contribution in [2.45, 2.75) is 11.8 Å². The van der Waals surface area contributed by atoms with Gasteiger partial charge in [0.25, 0.3) is 0 Å². The summed E-state index contributed by atoms with van der Waals surface area (Å²) < 4.78 is 41.0. The summed E-state index contributed by atoms with van der Waals surface area (Å²) >= 11 is 0. The fourth-order valence-corrected chi connectivity index (χ4v) is 4.33. The van der Waals surface area contributed by atoms with Crippen LogP contribution in [-0.2, 0) is 14.8 Å². The highest BCUT2D eigenvalue weighted by Crippen LogP contribution is 2.20. The SMILES string of the molecule is Cc1ccccc1S(=O)(=O)NCC(=O)N1CCN(c2ccccc2F)CC1. The molecule has 1 amide bonds. The molecule has 0 aromatic heterocycles. The Morgan fingerprint density at radius 1 is 1.04 bits per heavy atom. The average molecular weight is 391 g/mol. The van der Waals surface area contributed by atoms with E-state index in [-0.39, 0.29) is 23.2 Å². The maximum absolute atomic E-state index is 13.9. The molecule has 1 N–H and O–H groups in total. The van der Waals surface area contributed by atoms with Gasteiger partial charge in [0.15, 0.2) is 0 Å². The Kier molecular flexibility index (Phi) is 5.76. The molecule has 144 valence electrons. The highest BCUT2D eigenvalue weighted by atomic mass is 32.2. The molecule has 0 saturated carbocycles. The Labute approximate surface area is 158 Å². The van der Waals surface area contributed by atoms with Crippen LogP contribution < -0.4 is 9.62 Å². The number of hydrogen-bond donors (Lipinski definition) is 1. The van der Waals surface area contributed by atoms with Crippen molar-refractivity contribution in [2.75, 3.05) is 37.6 Å². The van der Waals surface area contributed by atoms with E-state index in [0.717, 1.165) is 0 Å². The van der Waals surface area contributed by atoms with Gasteiger partial charge in [-0.1, -0.05) is 30.3 Å². The minimum absolute atomic E-state index is 0.169. The zero-order valence-electron chi connectivity index (χ0n) is 15.1. The highest BCUT2D eigenvalue weighted by Gasteiger charge is 2.24. The van der Waals surface area contributed by atoms with E-state index in [9.17, 15) is 17.6 Å². The monoisotopic (exact) mass is 391 g/mol. The molecule has 1 heterocycles. The molecule has 1 aliphatic heterocycles. The van der Waals surface area contributed by atoms with Gasteiger partial charge in [-0.15, -0.1) is 0 Å². The molecule has 27 heavy (non-hydrogen) atoms. The van der Waals surface area contributed by atoms with E-state index < -0.39 is 10.0 Å². The number of nitrogens with zero attached hydrogens (tertiary/aromatic N) is 2. The predicted molar refractivity (Wildman–Crippen MR) is 102 cm³/mol. The molecule has 1 fully saturated rings. The maximum atomic E-state index is 13.9. The molecule has 0 atom stereocenters. The van der Waals surface area contributed by atoms with Crippen LogP contribution in [0.1, 0.15) is 5.56 Å². The molecule has 1 aliphatic rings. The van der Waals surface area contributed by atoms with Crippen molar-refractivity contribution in [3.63, 3.8) is 0 Å². The molecule has 8 heteroatoms. The third kappa shape index (κ3) is 4.45. The lowest BCUT2D eigenvalue weighted by Gasteiger charge is -2.36. The molecule has 0 bridgehead atoms. The smallest absolute Gasteiger partial charge is 0.241 e. The fourth-order valence-electron chi connectivity index (χ4n) is 3.11. The molecular weight excluding hydrogens is 369 g/mol. The summed E-state index contributed by atoms with van der Waals surface area (Å²) in [6.45, 7) is 3.24. The van der Waals surface area contributed by atoms with Crippen LogP contribution in [0.15, 0.2) is 53.4 Å². The minimum atomic E-state index is -3.74. The first kappa shape index (κ1) is 19.3. The summed E-state index contributed by atoms with van der Waals surface area (Å²) in [4.78, 5) is 16.0. The number of aryl methyl sites for hydroxylation is 1. The van der Waals surface area contributed by atoms with Crippen molar-refractivity contribution >= 4 is 21.6 Å². The van der Waals surface area contributed by atoms with Crippen LogP contribution in [-0.4, -0.2) is 51.9 Å². The normalized spacial score (nSPS) is 15.0. The van der Waals surface area contributed by atoms with Gasteiger partial charge >= 0.3 is 0 Å². The standard InChI is InChI=1S/C19H22FN3O3S/c1-15-6-2-5-9-18(15)27(25,26)21-14-19(24)23-12-10-22(11-13-23)17-8-4-3-7-16(17)20/h2-9,21H,10-14H2,1H3. The lowest BCUT2D eigenvalue weighted by atomic mass is 10.2. The van der Waals surface area contributed by atoms with Crippen LogP contribution in [0.4, 0.5) is 10.1 Å². The number of carbonyl (C=O) groups is 1. The molecule has 0 aliphatic carbocycles. The van der Waals surface area contributed by atoms with E-state index in [1.807, 2.05) is 4.90 Å². The summed E-state index contributed by atoms with van der Waals surface area (Å²) in [5.41, 5.74) is 1.14. The fraction of sp³-hybridized carbons (Fsp3) is 0.316. The van der Waals surface area contributed by atoms with Crippen LogP contribution in [0, 0.1) is 12.7 Å². The maximum Gasteiger partial charge on any atom is 0.241 e. The van der Waals surface area contributed by atoms with Gasteiger partial charge in [-0.25, -0.2) is 17.5 Å². The van der Waals surface area contributed by atoms with Crippen LogP contribution in [0.25, 0.3) is 0 Å². The van der Waals surface area contributed by atoms with Crippen LogP contribution in [0.5, 0.6) is 0 Å². The number of hydrogen-bond acceptors (Lipinski definition) is 4. The number of piperazine rings is 1. The summed E-state index contributed by atoms with van der Waals surface area (Å²) in [5, 5.41) is 0. The van der Waals surface area contributed by atoms with Gasteiger partial charge in [-0.2, -0.15) is 0 Å². The number of anilines is 1. The predicted octanol–water partition coefficient (Wildman–Crippen LogP) is 1.76. The van der Waals surface area contributed by atoms with E-state index >= 15 is 0 Å². The second-order valence-corrected chi connectivity index (χ2v) is 8.14. The zero-order chi connectivity index (χ0) is 19.4. The summed E-state index contributed by atoms with van der Waals surface area (Å²) in [6, 6.07) is 13.2. The minimum Gasteiger partial charge on any atom is -0.366 e. The largest absolute Gasteiger partial charge is 0.366 e. The molecule has 1 saturated heterocycles. The lowest BCUT2D eigenvalue weighted by Crippen LogP contribution is -2.51. The highest BCUT2D eigenvalue weighted by molar-refractivity contribution is 7.89. The number of nitrogens with one attached hydrogen (secondary N) is 1. The van der Waals surface area contributed by atoms with Crippen LogP contribution in [0.3, 0.4) is 0 Å². The number of sulfonamides is 1. The molecule has 2 aromatic carbocycles. The summed E-state index contributed by atoms with van der Waals surface area (Å²) in [6.07, 6.45) is 0. The summed E-state index contributed by atoms with van der Waals surface area (Å²) in [5.74, 6) is -0.580. The lowest BCUT2D eigenvalue weighted by molar-refractivity contribution is -0.130. The quantitative estimate of drug-likeness (QED) is 0.843. The van der Waals surface area contributed by atoms with Gasteiger partial charge in [0.2, 0.25) is 15.9 Å². The Hall–Kier alpha value is -2.45. The van der Waals surface area contributed by atoms with Crippen molar-refractivity contribution in [1.82, 2.24) is 9.62 Å². The molecule has 2 aromatic rings. The second kappa shape index (κ2) is 8.06. The summed E-state index contributed by atoms with van der Waals surface area (Å²) in [7, 11) is -3.74. The van der Waals surface area contributed by atoms with E-state index in [1.54, 1.807) is 48.2 Å². The number of rotatable bonds is 5. The van der Waals surface area contributed by atoms with E-state index in [2.05, 4.69) is 4.72 Å². The molecule has 0 spiro atoms. The Balaban J connectivity index is 1.56. The van der Waals surface area contributed by atoms with Crippen LogP contribution in [0.2, 0.25) is 0 Å². The van der Waals surface area contributed by atoms with Gasteiger partial charge < -0.3 is 9.80 Å². The van der Waals surface area contributed by atoms with Crippen molar-refractivity contribution in [2.24, 2.45) is 0 Å². The second-order valence-electron chi connectivity index (χ2n) is 6.41. The van der Waals surface area contributed by atoms with Crippen LogP contribution >= 0.6 is 0 Å². The number of amides is 1. The topological polar surface area (TPSA) is 69.7 Å². The first-order valence-corrected chi connectivity index (χ1v) is 10.2. The van der Waals surface area contributed by atoms with Gasteiger partial charge in [0.05, 0.1) is 17.1 Å². The number of benzene rings is 2. The Morgan fingerprint density at radius 3 is 2.33 bits per heavy atom. The number of para-hydroxylation sites is 1. The third-order valence-electron chi connectivity index (χ3n) is 4.62. The number of carbonyl (C=O) groups excluding carboxylic acids is 1. The van der Waals surface area contributed by atoms with E-state index in [0.29, 0.717) is 37.4 Å². The molecule has 0 radical (unpaired) electrons.